The Bertz CT molecular complexity index is 418. The number of nitrogens with zero attached hydrogens (tertiary/aromatic N) is 1. The zero-order chi connectivity index (χ0) is 13.1. The Balaban J connectivity index is 2.00. The van der Waals surface area contributed by atoms with Crippen LogP contribution < -0.4 is 11.3 Å². The molecule has 5 heteroatoms. The lowest BCUT2D eigenvalue weighted by molar-refractivity contribution is 0.0957. The molecule has 0 saturated carbocycles. The number of amides is 1. The summed E-state index contributed by atoms with van der Waals surface area (Å²) in [4.78, 5) is 15.8. The summed E-state index contributed by atoms with van der Waals surface area (Å²) >= 11 is 1.53. The van der Waals surface area contributed by atoms with Crippen molar-refractivity contribution in [2.24, 2.45) is 11.8 Å². The van der Waals surface area contributed by atoms with Crippen LogP contribution in [0.3, 0.4) is 0 Å². The van der Waals surface area contributed by atoms with Gasteiger partial charge in [-0.05, 0) is 44.4 Å². The first-order valence-corrected chi connectivity index (χ1v) is 7.27. The summed E-state index contributed by atoms with van der Waals surface area (Å²) in [5, 5.41) is 0. The molecule has 2 atom stereocenters. The highest BCUT2D eigenvalue weighted by Gasteiger charge is 2.24. The van der Waals surface area contributed by atoms with E-state index in [-0.39, 0.29) is 5.91 Å². The maximum absolute atomic E-state index is 11.4. The summed E-state index contributed by atoms with van der Waals surface area (Å²) in [6.07, 6.45) is 2.59. The van der Waals surface area contributed by atoms with E-state index in [1.165, 1.54) is 29.1 Å². The molecule has 18 heavy (non-hydrogen) atoms. The number of hydrogen-bond donors (Lipinski definition) is 2. The number of hydrazine groups is 1. The fourth-order valence-electron chi connectivity index (χ4n) is 2.50. The first-order chi connectivity index (χ1) is 8.61. The van der Waals surface area contributed by atoms with Crippen molar-refractivity contribution < 1.29 is 4.79 Å². The Hall–Kier alpha value is -0.910. The smallest absolute Gasteiger partial charge is 0.275 e. The molecule has 1 aromatic heterocycles. The quantitative estimate of drug-likeness (QED) is 0.500. The van der Waals surface area contributed by atoms with Crippen LogP contribution in [0.1, 0.15) is 41.2 Å². The number of likely N-dealkylation sites (tertiary alicyclic amines) is 1. The highest BCUT2D eigenvalue weighted by molar-refractivity contribution is 7.14. The number of hydrogen-bond acceptors (Lipinski definition) is 4. The summed E-state index contributed by atoms with van der Waals surface area (Å²) < 4.78 is 0. The minimum Gasteiger partial charge on any atom is -0.295 e. The van der Waals surface area contributed by atoms with Crippen molar-refractivity contribution in [2.45, 2.75) is 39.3 Å². The van der Waals surface area contributed by atoms with Crippen molar-refractivity contribution in [1.82, 2.24) is 10.3 Å². The molecule has 2 rings (SSSR count). The maximum Gasteiger partial charge on any atom is 0.275 e. The molecular weight excluding hydrogens is 246 g/mol. The van der Waals surface area contributed by atoms with Crippen LogP contribution in [0.4, 0.5) is 0 Å². The van der Waals surface area contributed by atoms with Crippen LogP contribution in [-0.2, 0) is 6.54 Å². The van der Waals surface area contributed by atoms with E-state index in [0.717, 1.165) is 19.0 Å². The number of nitrogens with two attached hydrogens (primary N) is 1. The monoisotopic (exact) mass is 267 g/mol. The van der Waals surface area contributed by atoms with E-state index in [9.17, 15) is 4.79 Å². The number of thiophene rings is 1. The zero-order valence-corrected chi connectivity index (χ0v) is 11.8. The summed E-state index contributed by atoms with van der Waals surface area (Å²) in [6, 6.07) is 4.49. The van der Waals surface area contributed by atoms with Crippen LogP contribution >= 0.6 is 11.3 Å². The molecule has 0 radical (unpaired) electrons. The molecule has 1 saturated heterocycles. The highest BCUT2D eigenvalue weighted by Crippen LogP contribution is 2.26. The zero-order valence-electron chi connectivity index (χ0n) is 11.0. The number of carbonyl (C=O) groups excluding carboxylic acids is 1. The largest absolute Gasteiger partial charge is 0.295 e. The van der Waals surface area contributed by atoms with Gasteiger partial charge in [-0.2, -0.15) is 0 Å². The van der Waals surface area contributed by atoms with Crippen molar-refractivity contribution in [3.8, 4) is 0 Å². The summed E-state index contributed by atoms with van der Waals surface area (Å²) in [5.74, 6) is 5.69. The first-order valence-electron chi connectivity index (χ1n) is 6.45. The van der Waals surface area contributed by atoms with E-state index in [1.54, 1.807) is 0 Å². The number of piperidine rings is 1. The van der Waals surface area contributed by atoms with Gasteiger partial charge in [0.1, 0.15) is 0 Å². The molecule has 0 bridgehead atoms. The Morgan fingerprint density at radius 1 is 1.56 bits per heavy atom. The minimum absolute atomic E-state index is 0.202. The number of nitrogen functional groups attached to an aromatic ring is 1. The molecule has 0 aromatic carbocycles. The third-order valence-corrected chi connectivity index (χ3v) is 4.95. The van der Waals surface area contributed by atoms with Crippen molar-refractivity contribution >= 4 is 17.2 Å². The fourth-order valence-corrected chi connectivity index (χ4v) is 3.44. The molecule has 100 valence electrons. The Labute approximate surface area is 112 Å². The first kappa shape index (κ1) is 13.5. The summed E-state index contributed by atoms with van der Waals surface area (Å²) in [6.45, 7) is 6.71. The van der Waals surface area contributed by atoms with Crippen LogP contribution in [0, 0.1) is 5.92 Å². The van der Waals surface area contributed by atoms with Gasteiger partial charge in [-0.3, -0.25) is 15.1 Å². The van der Waals surface area contributed by atoms with Crippen molar-refractivity contribution in [2.75, 3.05) is 6.54 Å². The standard InChI is InChI=1S/C13H21N3OS/c1-9-4-3-7-16(10(9)2)8-11-5-6-12(18-11)13(17)15-14/h5-6,9-10H,3-4,7-8,14H2,1-2H3,(H,15,17). The van der Waals surface area contributed by atoms with Gasteiger partial charge in [0.05, 0.1) is 4.88 Å². The molecule has 2 heterocycles. The van der Waals surface area contributed by atoms with Gasteiger partial charge in [0, 0.05) is 17.5 Å². The lowest BCUT2D eigenvalue weighted by atomic mass is 9.92. The number of carbonyl (C=O) groups is 1. The van der Waals surface area contributed by atoms with E-state index in [4.69, 9.17) is 5.84 Å². The predicted molar refractivity (Wildman–Crippen MR) is 74.2 cm³/mol. The summed E-state index contributed by atoms with van der Waals surface area (Å²) in [5.41, 5.74) is 2.17. The molecule has 0 aliphatic carbocycles. The van der Waals surface area contributed by atoms with Crippen LogP contribution in [0.2, 0.25) is 0 Å². The molecule has 3 N–H and O–H groups in total. The topological polar surface area (TPSA) is 58.4 Å². The van der Waals surface area contributed by atoms with Crippen LogP contribution in [0.15, 0.2) is 12.1 Å². The molecule has 1 fully saturated rings. The normalized spacial score (nSPS) is 25.1. The second-order valence-electron chi connectivity index (χ2n) is 5.07. The second kappa shape index (κ2) is 5.82. The molecule has 4 nitrogen and oxygen atoms in total. The molecule has 0 spiro atoms. The minimum atomic E-state index is -0.202. The van der Waals surface area contributed by atoms with Gasteiger partial charge >= 0.3 is 0 Å². The van der Waals surface area contributed by atoms with Crippen LogP contribution in [0.25, 0.3) is 0 Å². The van der Waals surface area contributed by atoms with E-state index >= 15 is 0 Å². The Morgan fingerprint density at radius 3 is 3.06 bits per heavy atom. The van der Waals surface area contributed by atoms with Gasteiger partial charge in [-0.15, -0.1) is 11.3 Å². The van der Waals surface area contributed by atoms with Gasteiger partial charge in [0.25, 0.3) is 5.91 Å². The van der Waals surface area contributed by atoms with Crippen molar-refractivity contribution in [3.05, 3.63) is 21.9 Å². The van der Waals surface area contributed by atoms with Crippen molar-refractivity contribution in [1.29, 1.82) is 0 Å². The van der Waals surface area contributed by atoms with Gasteiger partial charge < -0.3 is 0 Å². The molecule has 2 unspecified atom stereocenters. The molecule has 1 aliphatic heterocycles. The third kappa shape index (κ3) is 2.91. The van der Waals surface area contributed by atoms with E-state index in [0.29, 0.717) is 10.9 Å². The average molecular weight is 267 g/mol. The highest BCUT2D eigenvalue weighted by atomic mass is 32.1. The predicted octanol–water partition coefficient (Wildman–Crippen LogP) is 1.97. The third-order valence-electron chi connectivity index (χ3n) is 3.88. The van der Waals surface area contributed by atoms with E-state index in [2.05, 4.69) is 24.2 Å². The maximum atomic E-state index is 11.4. The van der Waals surface area contributed by atoms with E-state index < -0.39 is 0 Å². The molecule has 1 aliphatic rings. The van der Waals surface area contributed by atoms with Gasteiger partial charge in [-0.1, -0.05) is 6.92 Å². The molecule has 1 amide bonds. The molecule has 1 aromatic rings. The van der Waals surface area contributed by atoms with Crippen molar-refractivity contribution in [3.63, 3.8) is 0 Å². The lowest BCUT2D eigenvalue weighted by Gasteiger charge is -2.37. The second-order valence-corrected chi connectivity index (χ2v) is 6.24. The van der Waals surface area contributed by atoms with Gasteiger partial charge in [-0.25, -0.2) is 5.84 Å². The van der Waals surface area contributed by atoms with Crippen LogP contribution in [0.5, 0.6) is 0 Å². The average Bonchev–Trinajstić information content (AvgIpc) is 2.82. The molecular formula is C13H21N3OS. The SMILES string of the molecule is CC1CCCN(Cc2ccc(C(=O)NN)s2)C1C. The van der Waals surface area contributed by atoms with Crippen LogP contribution in [-0.4, -0.2) is 23.4 Å². The van der Waals surface area contributed by atoms with Gasteiger partial charge in [0.15, 0.2) is 0 Å². The lowest BCUT2D eigenvalue weighted by Crippen LogP contribution is -2.41. The van der Waals surface area contributed by atoms with Gasteiger partial charge in [0.2, 0.25) is 0 Å². The Kier molecular flexibility index (Phi) is 4.37. The number of nitrogens with one attached hydrogen (secondary N) is 1. The summed E-state index contributed by atoms with van der Waals surface area (Å²) in [7, 11) is 0. The fraction of sp³-hybridized carbons (Fsp3) is 0.615. The van der Waals surface area contributed by atoms with E-state index in [1.807, 2.05) is 12.1 Å². The Morgan fingerprint density at radius 2 is 2.33 bits per heavy atom. The number of rotatable bonds is 3.